The number of hydrogen-bond donors (Lipinski definition) is 2. The van der Waals surface area contributed by atoms with Crippen molar-refractivity contribution in [2.75, 3.05) is 20.2 Å². The quantitative estimate of drug-likeness (QED) is 0.664. The van der Waals surface area contributed by atoms with Gasteiger partial charge in [0.2, 0.25) is 0 Å². The number of rotatable bonds is 9. The molecule has 2 atom stereocenters. The van der Waals surface area contributed by atoms with Crippen LogP contribution in [0.1, 0.15) is 24.1 Å². The Morgan fingerprint density at radius 3 is 2.62 bits per heavy atom. The van der Waals surface area contributed by atoms with Gasteiger partial charge in [0.05, 0.1) is 13.1 Å². The lowest BCUT2D eigenvalue weighted by molar-refractivity contribution is -0.885. The van der Waals surface area contributed by atoms with Crippen LogP contribution in [0.15, 0.2) is 61.2 Å². The smallest absolute Gasteiger partial charge is 0.275 e. The Labute approximate surface area is 160 Å². The Kier molecular flexibility index (Phi) is 7.70. The van der Waals surface area contributed by atoms with E-state index in [4.69, 9.17) is 16.3 Å². The molecule has 2 N–H and O–H groups in total. The fourth-order valence-electron chi connectivity index (χ4n) is 2.74. The third-order valence-corrected chi connectivity index (χ3v) is 4.35. The van der Waals surface area contributed by atoms with Gasteiger partial charge in [0.25, 0.3) is 5.91 Å². The topological polar surface area (TPSA) is 42.8 Å². The molecule has 0 aliphatic heterocycles. The first-order valence-electron chi connectivity index (χ1n) is 8.67. The first-order chi connectivity index (χ1) is 12.5. The minimum atomic E-state index is -0.120. The molecule has 5 heteroatoms. The maximum Gasteiger partial charge on any atom is 0.275 e. The molecule has 2 aromatic rings. The number of ether oxygens (including phenoxy) is 1. The molecule has 0 aliphatic carbocycles. The normalized spacial score (nSPS) is 12.9. The maximum atomic E-state index is 12.3. The van der Waals surface area contributed by atoms with Crippen LogP contribution in [0.3, 0.4) is 0 Å². The minimum Gasteiger partial charge on any atom is -0.490 e. The summed E-state index contributed by atoms with van der Waals surface area (Å²) in [5.41, 5.74) is 2.08. The van der Waals surface area contributed by atoms with E-state index in [0.29, 0.717) is 18.2 Å². The van der Waals surface area contributed by atoms with E-state index >= 15 is 0 Å². The van der Waals surface area contributed by atoms with E-state index in [1.165, 1.54) is 0 Å². The first-order valence-corrected chi connectivity index (χ1v) is 9.05. The maximum absolute atomic E-state index is 12.3. The molecular formula is C21H26ClN2O2+. The number of benzene rings is 2. The predicted octanol–water partition coefficient (Wildman–Crippen LogP) is 2.80. The molecule has 0 saturated carbocycles. The van der Waals surface area contributed by atoms with Crippen LogP contribution >= 0.6 is 11.6 Å². The average molecular weight is 374 g/mol. The summed E-state index contributed by atoms with van der Waals surface area (Å²) in [7, 11) is 2.00. The number of likely N-dealkylation sites (N-methyl/N-ethyl adjacent to an activating group) is 1. The number of quaternary nitrogens is 1. The van der Waals surface area contributed by atoms with Gasteiger partial charge in [-0.3, -0.25) is 4.79 Å². The summed E-state index contributed by atoms with van der Waals surface area (Å²) in [4.78, 5) is 13.4. The lowest BCUT2D eigenvalue weighted by atomic mass is 10.1. The zero-order valence-electron chi connectivity index (χ0n) is 15.3. The molecule has 0 radical (unpaired) electrons. The lowest BCUT2D eigenvalue weighted by Crippen LogP contribution is -3.08. The van der Waals surface area contributed by atoms with Crippen LogP contribution in [0.4, 0.5) is 0 Å². The monoisotopic (exact) mass is 373 g/mol. The van der Waals surface area contributed by atoms with Gasteiger partial charge in [-0.05, 0) is 42.8 Å². The highest BCUT2D eigenvalue weighted by Gasteiger charge is 2.15. The van der Waals surface area contributed by atoms with E-state index in [9.17, 15) is 4.79 Å². The van der Waals surface area contributed by atoms with Gasteiger partial charge in [0, 0.05) is 10.6 Å². The van der Waals surface area contributed by atoms with Crippen molar-refractivity contribution in [3.8, 4) is 5.75 Å². The van der Waals surface area contributed by atoms with Crippen molar-refractivity contribution in [1.82, 2.24) is 5.32 Å². The molecule has 0 saturated heterocycles. The number of halogens is 1. The van der Waals surface area contributed by atoms with Crippen LogP contribution in [0.2, 0.25) is 5.02 Å². The van der Waals surface area contributed by atoms with E-state index in [1.54, 1.807) is 6.08 Å². The molecule has 0 heterocycles. The number of amides is 1. The SMILES string of the molecule is C=CCOc1ccc(C[NH+](C)CC(=O)N[C@@H](C)c2ccccc2Cl)cc1. The molecule has 2 aromatic carbocycles. The van der Waals surface area contributed by atoms with Crippen LogP contribution < -0.4 is 15.0 Å². The number of carbonyl (C=O) groups is 1. The fourth-order valence-corrected chi connectivity index (χ4v) is 3.04. The molecule has 1 unspecified atom stereocenters. The summed E-state index contributed by atoms with van der Waals surface area (Å²) in [5.74, 6) is 0.818. The summed E-state index contributed by atoms with van der Waals surface area (Å²) < 4.78 is 5.48. The molecule has 26 heavy (non-hydrogen) atoms. The van der Waals surface area contributed by atoms with Crippen molar-refractivity contribution in [2.45, 2.75) is 19.5 Å². The van der Waals surface area contributed by atoms with Crippen molar-refractivity contribution in [3.05, 3.63) is 77.3 Å². The molecule has 0 spiro atoms. The molecule has 4 nitrogen and oxygen atoms in total. The van der Waals surface area contributed by atoms with Gasteiger partial charge < -0.3 is 15.0 Å². The standard InChI is InChI=1S/C21H25ClN2O2/c1-4-13-26-18-11-9-17(10-12-18)14-24(3)15-21(25)23-16(2)19-7-5-6-8-20(19)22/h4-12,16H,1,13-15H2,2-3H3,(H,23,25)/p+1/t16-/m0/s1. The second-order valence-electron chi connectivity index (χ2n) is 6.37. The van der Waals surface area contributed by atoms with Crippen molar-refractivity contribution in [1.29, 1.82) is 0 Å². The third-order valence-electron chi connectivity index (χ3n) is 4.01. The summed E-state index contributed by atoms with van der Waals surface area (Å²) in [6.45, 7) is 7.22. The van der Waals surface area contributed by atoms with E-state index < -0.39 is 0 Å². The molecule has 0 aromatic heterocycles. The highest BCUT2D eigenvalue weighted by atomic mass is 35.5. The van der Waals surface area contributed by atoms with Gasteiger partial charge in [0.15, 0.2) is 6.54 Å². The van der Waals surface area contributed by atoms with E-state index in [1.807, 2.05) is 62.5 Å². The van der Waals surface area contributed by atoms with Gasteiger partial charge in [-0.2, -0.15) is 0 Å². The van der Waals surface area contributed by atoms with Crippen LogP contribution in [0.5, 0.6) is 5.75 Å². The van der Waals surface area contributed by atoms with Crippen molar-refractivity contribution in [2.24, 2.45) is 0 Å². The van der Waals surface area contributed by atoms with Crippen LogP contribution in [0, 0.1) is 0 Å². The van der Waals surface area contributed by atoms with Gasteiger partial charge in [-0.25, -0.2) is 0 Å². The van der Waals surface area contributed by atoms with Crippen LogP contribution in [0.25, 0.3) is 0 Å². The second-order valence-corrected chi connectivity index (χ2v) is 6.77. The predicted molar refractivity (Wildman–Crippen MR) is 106 cm³/mol. The third kappa shape index (κ3) is 6.21. The van der Waals surface area contributed by atoms with E-state index in [2.05, 4.69) is 11.9 Å². The Balaban J connectivity index is 1.83. The molecule has 0 aliphatic rings. The summed E-state index contributed by atoms with van der Waals surface area (Å²) in [6.07, 6.45) is 1.72. The Bertz CT molecular complexity index is 731. The Morgan fingerprint density at radius 2 is 1.96 bits per heavy atom. The molecule has 2 rings (SSSR count). The van der Waals surface area contributed by atoms with E-state index in [0.717, 1.165) is 28.3 Å². The van der Waals surface area contributed by atoms with Crippen LogP contribution in [-0.4, -0.2) is 26.1 Å². The Hall–Kier alpha value is -2.30. The highest BCUT2D eigenvalue weighted by Crippen LogP contribution is 2.21. The van der Waals surface area contributed by atoms with Gasteiger partial charge in [0.1, 0.15) is 18.9 Å². The van der Waals surface area contributed by atoms with Gasteiger partial charge >= 0.3 is 0 Å². The number of nitrogens with one attached hydrogen (secondary N) is 2. The summed E-state index contributed by atoms with van der Waals surface area (Å²) >= 11 is 6.19. The zero-order valence-corrected chi connectivity index (χ0v) is 16.1. The summed E-state index contributed by atoms with van der Waals surface area (Å²) in [5, 5.41) is 3.68. The zero-order chi connectivity index (χ0) is 18.9. The molecule has 0 fully saturated rings. The van der Waals surface area contributed by atoms with Crippen molar-refractivity contribution >= 4 is 17.5 Å². The largest absolute Gasteiger partial charge is 0.490 e. The molecule has 0 bridgehead atoms. The van der Waals surface area contributed by atoms with Crippen molar-refractivity contribution in [3.63, 3.8) is 0 Å². The highest BCUT2D eigenvalue weighted by molar-refractivity contribution is 6.31. The molecule has 1 amide bonds. The van der Waals surface area contributed by atoms with Crippen molar-refractivity contribution < 1.29 is 14.4 Å². The summed E-state index contributed by atoms with van der Waals surface area (Å²) in [6, 6.07) is 15.4. The second kappa shape index (κ2) is 10.00. The van der Waals surface area contributed by atoms with Crippen LogP contribution in [-0.2, 0) is 11.3 Å². The molecular weight excluding hydrogens is 348 g/mol. The lowest BCUT2D eigenvalue weighted by Gasteiger charge is -2.18. The Morgan fingerprint density at radius 1 is 1.27 bits per heavy atom. The fraction of sp³-hybridized carbons (Fsp3) is 0.286. The number of carbonyl (C=O) groups excluding carboxylic acids is 1. The first kappa shape index (κ1) is 20.0. The number of hydrogen-bond acceptors (Lipinski definition) is 2. The average Bonchev–Trinajstić information content (AvgIpc) is 2.61. The minimum absolute atomic E-state index is 0.000793. The van der Waals surface area contributed by atoms with E-state index in [-0.39, 0.29) is 11.9 Å². The van der Waals surface area contributed by atoms with Gasteiger partial charge in [-0.15, -0.1) is 0 Å². The van der Waals surface area contributed by atoms with Gasteiger partial charge in [-0.1, -0.05) is 42.5 Å². The molecule has 138 valence electrons.